The van der Waals surface area contributed by atoms with Gasteiger partial charge in [-0.15, -0.1) is 0 Å². The summed E-state index contributed by atoms with van der Waals surface area (Å²) in [6.45, 7) is 1.79. The molecule has 0 aliphatic heterocycles. The topological polar surface area (TPSA) is 85.7 Å². The highest BCUT2D eigenvalue weighted by Gasteiger charge is 2.19. The van der Waals surface area contributed by atoms with Crippen LogP contribution in [-0.4, -0.2) is 21.8 Å². The lowest BCUT2D eigenvalue weighted by Crippen LogP contribution is -2.12. The largest absolute Gasteiger partial charge is 0.489 e. The number of carboxylic acid groups (broad SMARTS) is 1. The molecular formula is C24H23NO5. The molecule has 0 aliphatic carbocycles. The van der Waals surface area contributed by atoms with E-state index in [0.717, 1.165) is 11.1 Å². The Kier molecular flexibility index (Phi) is 7.16. The number of aliphatic carboxylic acids is 1. The van der Waals surface area contributed by atoms with E-state index in [1.165, 1.54) is 6.92 Å². The zero-order valence-electron chi connectivity index (χ0n) is 16.7. The molecule has 1 aromatic heterocycles. The SMILES string of the molecule is CC(=O)c1ccc(OCc2cccnc2)cc1O[C@@H](CCC(=O)O)c1ccccc1. The third-order valence-corrected chi connectivity index (χ3v) is 4.52. The van der Waals surface area contributed by atoms with Gasteiger partial charge in [-0.05, 0) is 37.1 Å². The Bertz CT molecular complexity index is 989. The summed E-state index contributed by atoms with van der Waals surface area (Å²) in [7, 11) is 0. The first-order valence-corrected chi connectivity index (χ1v) is 9.63. The van der Waals surface area contributed by atoms with E-state index in [-0.39, 0.29) is 18.6 Å². The molecule has 1 atom stereocenters. The van der Waals surface area contributed by atoms with E-state index in [9.17, 15) is 9.59 Å². The lowest BCUT2D eigenvalue weighted by molar-refractivity contribution is -0.137. The van der Waals surface area contributed by atoms with Crippen LogP contribution in [0.2, 0.25) is 0 Å². The number of ketones is 1. The molecule has 0 unspecified atom stereocenters. The normalized spacial score (nSPS) is 11.5. The highest BCUT2D eigenvalue weighted by atomic mass is 16.5. The molecule has 1 N–H and O–H groups in total. The summed E-state index contributed by atoms with van der Waals surface area (Å²) in [6, 6.07) is 18.2. The Morgan fingerprint density at radius 2 is 1.87 bits per heavy atom. The monoisotopic (exact) mass is 405 g/mol. The number of carbonyl (C=O) groups is 2. The van der Waals surface area contributed by atoms with Crippen molar-refractivity contribution in [1.29, 1.82) is 0 Å². The van der Waals surface area contributed by atoms with Gasteiger partial charge in [-0.2, -0.15) is 0 Å². The van der Waals surface area contributed by atoms with E-state index in [0.29, 0.717) is 23.7 Å². The van der Waals surface area contributed by atoms with Crippen molar-refractivity contribution in [2.75, 3.05) is 0 Å². The smallest absolute Gasteiger partial charge is 0.303 e. The summed E-state index contributed by atoms with van der Waals surface area (Å²) in [4.78, 5) is 27.3. The van der Waals surface area contributed by atoms with Crippen molar-refractivity contribution in [3.05, 3.63) is 89.7 Å². The van der Waals surface area contributed by atoms with Crippen LogP contribution in [0.15, 0.2) is 73.1 Å². The first-order valence-electron chi connectivity index (χ1n) is 9.63. The zero-order chi connectivity index (χ0) is 21.3. The Labute approximate surface area is 175 Å². The van der Waals surface area contributed by atoms with E-state index < -0.39 is 12.1 Å². The maximum Gasteiger partial charge on any atom is 0.303 e. The molecule has 1 heterocycles. The summed E-state index contributed by atoms with van der Waals surface area (Å²) < 4.78 is 12.0. The van der Waals surface area contributed by atoms with E-state index in [4.69, 9.17) is 14.6 Å². The Morgan fingerprint density at radius 3 is 2.53 bits per heavy atom. The van der Waals surface area contributed by atoms with Gasteiger partial charge < -0.3 is 14.6 Å². The summed E-state index contributed by atoms with van der Waals surface area (Å²) >= 11 is 0. The van der Waals surface area contributed by atoms with Crippen LogP contribution in [0.25, 0.3) is 0 Å². The molecule has 30 heavy (non-hydrogen) atoms. The van der Waals surface area contributed by atoms with E-state index in [1.54, 1.807) is 30.6 Å². The first-order chi connectivity index (χ1) is 14.5. The number of nitrogens with zero attached hydrogens (tertiary/aromatic N) is 1. The second-order valence-corrected chi connectivity index (χ2v) is 6.81. The molecular weight excluding hydrogens is 382 g/mol. The number of aromatic nitrogens is 1. The first kappa shape index (κ1) is 21.0. The number of carbonyl (C=O) groups excluding carboxylic acids is 1. The molecule has 0 aliphatic rings. The summed E-state index contributed by atoms with van der Waals surface area (Å²) in [5, 5.41) is 9.11. The number of carboxylic acids is 1. The Hall–Kier alpha value is -3.67. The zero-order valence-corrected chi connectivity index (χ0v) is 16.7. The predicted octanol–water partition coefficient (Wildman–Crippen LogP) is 4.85. The maximum absolute atomic E-state index is 12.1. The molecule has 3 aromatic rings. The average molecular weight is 405 g/mol. The molecule has 2 aromatic carbocycles. The van der Waals surface area contributed by atoms with Gasteiger partial charge in [0.05, 0.1) is 5.56 Å². The van der Waals surface area contributed by atoms with Gasteiger partial charge in [0.2, 0.25) is 0 Å². The molecule has 6 nitrogen and oxygen atoms in total. The molecule has 0 saturated carbocycles. The Balaban J connectivity index is 1.84. The minimum absolute atomic E-state index is 0.0494. The van der Waals surface area contributed by atoms with Gasteiger partial charge in [-0.25, -0.2) is 0 Å². The van der Waals surface area contributed by atoms with Crippen LogP contribution in [0.1, 0.15) is 47.4 Å². The minimum atomic E-state index is -0.903. The number of Topliss-reactive ketones (excluding diaryl/α,β-unsaturated/α-hetero) is 1. The number of rotatable bonds is 10. The second-order valence-electron chi connectivity index (χ2n) is 6.81. The molecule has 6 heteroatoms. The third kappa shape index (κ3) is 5.91. The van der Waals surface area contributed by atoms with E-state index >= 15 is 0 Å². The van der Waals surface area contributed by atoms with Crippen LogP contribution in [0.5, 0.6) is 11.5 Å². The van der Waals surface area contributed by atoms with Crippen molar-refractivity contribution >= 4 is 11.8 Å². The molecule has 0 saturated heterocycles. The van der Waals surface area contributed by atoms with Gasteiger partial charge >= 0.3 is 5.97 Å². The number of hydrogen-bond acceptors (Lipinski definition) is 5. The van der Waals surface area contributed by atoms with Crippen molar-refractivity contribution in [1.82, 2.24) is 4.98 Å². The molecule has 0 radical (unpaired) electrons. The number of benzene rings is 2. The van der Waals surface area contributed by atoms with Crippen molar-refractivity contribution < 1.29 is 24.2 Å². The molecule has 0 spiro atoms. The third-order valence-electron chi connectivity index (χ3n) is 4.52. The van der Waals surface area contributed by atoms with Crippen LogP contribution in [0.4, 0.5) is 0 Å². The van der Waals surface area contributed by atoms with Gasteiger partial charge in [0.1, 0.15) is 24.2 Å². The van der Waals surface area contributed by atoms with Crippen molar-refractivity contribution in [3.8, 4) is 11.5 Å². The van der Waals surface area contributed by atoms with Crippen LogP contribution >= 0.6 is 0 Å². The van der Waals surface area contributed by atoms with Gasteiger partial charge in [0.15, 0.2) is 5.78 Å². The fourth-order valence-electron chi connectivity index (χ4n) is 3.00. The lowest BCUT2D eigenvalue weighted by atomic mass is 10.0. The minimum Gasteiger partial charge on any atom is -0.489 e. The van der Waals surface area contributed by atoms with Crippen LogP contribution in [-0.2, 0) is 11.4 Å². The van der Waals surface area contributed by atoms with Gasteiger partial charge in [0.25, 0.3) is 0 Å². The summed E-state index contributed by atoms with van der Waals surface area (Å²) in [5.41, 5.74) is 2.18. The fraction of sp³-hybridized carbons (Fsp3) is 0.208. The fourth-order valence-corrected chi connectivity index (χ4v) is 3.00. The van der Waals surface area contributed by atoms with Crippen molar-refractivity contribution in [2.45, 2.75) is 32.5 Å². The standard InChI is InChI=1S/C24H23NO5/c1-17(26)21-10-9-20(29-16-18-6-5-13-25-15-18)14-23(21)30-22(11-12-24(27)28)19-7-3-2-4-8-19/h2-10,13-15,22H,11-12,16H2,1H3,(H,27,28)/t22-/m0/s1. The van der Waals surface area contributed by atoms with Crippen molar-refractivity contribution in [3.63, 3.8) is 0 Å². The second kappa shape index (κ2) is 10.2. The van der Waals surface area contributed by atoms with E-state index in [2.05, 4.69) is 4.98 Å². The van der Waals surface area contributed by atoms with E-state index in [1.807, 2.05) is 42.5 Å². The quantitative estimate of drug-likeness (QED) is 0.486. The predicted molar refractivity (Wildman–Crippen MR) is 112 cm³/mol. The molecule has 0 fully saturated rings. The van der Waals surface area contributed by atoms with Gasteiger partial charge in [-0.3, -0.25) is 14.6 Å². The van der Waals surface area contributed by atoms with Crippen LogP contribution in [0.3, 0.4) is 0 Å². The van der Waals surface area contributed by atoms with Crippen LogP contribution < -0.4 is 9.47 Å². The number of hydrogen-bond donors (Lipinski definition) is 1. The lowest BCUT2D eigenvalue weighted by Gasteiger charge is -2.21. The van der Waals surface area contributed by atoms with Gasteiger partial charge in [0, 0.05) is 30.4 Å². The number of ether oxygens (including phenoxy) is 2. The van der Waals surface area contributed by atoms with Crippen molar-refractivity contribution in [2.24, 2.45) is 0 Å². The molecule has 0 bridgehead atoms. The summed E-state index contributed by atoms with van der Waals surface area (Å²) in [6.07, 6.45) is 3.13. The highest BCUT2D eigenvalue weighted by molar-refractivity contribution is 5.97. The van der Waals surface area contributed by atoms with Crippen LogP contribution in [0, 0.1) is 0 Å². The average Bonchev–Trinajstić information content (AvgIpc) is 2.76. The molecule has 154 valence electrons. The molecule has 3 rings (SSSR count). The van der Waals surface area contributed by atoms with Gasteiger partial charge in [-0.1, -0.05) is 36.4 Å². The molecule has 0 amide bonds. The maximum atomic E-state index is 12.1. The Morgan fingerprint density at radius 1 is 1.07 bits per heavy atom. The number of pyridine rings is 1. The summed E-state index contributed by atoms with van der Waals surface area (Å²) in [5.74, 6) is -0.136. The highest BCUT2D eigenvalue weighted by Crippen LogP contribution is 2.32.